The molecule has 1 aliphatic rings. The van der Waals surface area contributed by atoms with Gasteiger partial charge in [0.05, 0.1) is 6.07 Å². The molecule has 1 aliphatic carbocycles. The Morgan fingerprint density at radius 2 is 2.20 bits per heavy atom. The Kier molecular flexibility index (Phi) is 4.10. The van der Waals surface area contributed by atoms with E-state index < -0.39 is 5.41 Å². The predicted octanol–water partition coefficient (Wildman–Crippen LogP) is 0.815. The van der Waals surface area contributed by atoms with Crippen LogP contribution in [0, 0.1) is 22.7 Å². The normalized spacial score (nSPS) is 20.6. The number of rotatable bonds is 4. The van der Waals surface area contributed by atoms with Gasteiger partial charge in [0.1, 0.15) is 5.41 Å². The highest BCUT2D eigenvalue weighted by molar-refractivity contribution is 5.85. The molecule has 84 valence electrons. The lowest BCUT2D eigenvalue weighted by Crippen LogP contribution is -2.40. The summed E-state index contributed by atoms with van der Waals surface area (Å²) in [4.78, 5) is 11.8. The molecule has 0 spiro atoms. The summed E-state index contributed by atoms with van der Waals surface area (Å²) in [5.41, 5.74) is -0.796. The lowest BCUT2D eigenvalue weighted by molar-refractivity contribution is -0.128. The summed E-state index contributed by atoms with van der Waals surface area (Å²) in [6.07, 6.45) is 3.25. The maximum Gasteiger partial charge on any atom is 0.240 e. The first-order valence-corrected chi connectivity index (χ1v) is 5.45. The van der Waals surface area contributed by atoms with E-state index in [4.69, 9.17) is 10.4 Å². The van der Waals surface area contributed by atoms with Gasteiger partial charge < -0.3 is 10.4 Å². The highest BCUT2D eigenvalue weighted by Gasteiger charge is 2.41. The van der Waals surface area contributed by atoms with E-state index in [0.717, 1.165) is 12.8 Å². The first kappa shape index (κ1) is 12.0. The molecule has 0 radical (unpaired) electrons. The first-order valence-electron chi connectivity index (χ1n) is 5.45. The number of carbonyl (C=O) groups is 1. The van der Waals surface area contributed by atoms with E-state index >= 15 is 0 Å². The third-order valence-corrected chi connectivity index (χ3v) is 3.03. The number of amides is 1. The van der Waals surface area contributed by atoms with Crippen molar-refractivity contribution in [2.45, 2.75) is 32.6 Å². The summed E-state index contributed by atoms with van der Waals surface area (Å²) in [6.45, 7) is 2.35. The Hall–Kier alpha value is -1.08. The highest BCUT2D eigenvalue weighted by atomic mass is 16.3. The molecule has 0 aliphatic heterocycles. The maximum absolute atomic E-state index is 11.8. The Morgan fingerprint density at radius 1 is 1.60 bits per heavy atom. The van der Waals surface area contributed by atoms with E-state index in [0.29, 0.717) is 19.4 Å². The van der Waals surface area contributed by atoms with E-state index in [1.165, 1.54) is 0 Å². The van der Waals surface area contributed by atoms with E-state index in [1.54, 1.807) is 0 Å². The predicted molar refractivity (Wildman–Crippen MR) is 55.8 cm³/mol. The monoisotopic (exact) mass is 210 g/mol. The zero-order chi connectivity index (χ0) is 11.3. The third-order valence-electron chi connectivity index (χ3n) is 3.03. The average Bonchev–Trinajstić information content (AvgIpc) is 2.75. The number of aliphatic hydroxyl groups excluding tert-OH is 1. The van der Waals surface area contributed by atoms with Crippen LogP contribution in [0.5, 0.6) is 0 Å². The van der Waals surface area contributed by atoms with Crippen LogP contribution in [-0.4, -0.2) is 24.2 Å². The van der Waals surface area contributed by atoms with Crippen LogP contribution >= 0.6 is 0 Å². The standard InChI is InChI=1S/C11H18N2O2/c1-9(7-14)6-13-10(15)11(8-12)4-2-3-5-11/h9,14H,2-7H2,1H3,(H,13,15). The van der Waals surface area contributed by atoms with E-state index in [-0.39, 0.29) is 18.4 Å². The molecule has 0 bridgehead atoms. The quantitative estimate of drug-likeness (QED) is 0.721. The van der Waals surface area contributed by atoms with E-state index in [9.17, 15) is 4.79 Å². The summed E-state index contributed by atoms with van der Waals surface area (Å²) < 4.78 is 0. The molecule has 1 rings (SSSR count). The van der Waals surface area contributed by atoms with Gasteiger partial charge in [-0.15, -0.1) is 0 Å². The van der Waals surface area contributed by atoms with Crippen LogP contribution < -0.4 is 5.32 Å². The van der Waals surface area contributed by atoms with E-state index in [1.807, 2.05) is 6.92 Å². The number of carbonyl (C=O) groups excluding carboxylic acids is 1. The number of hydrogen-bond acceptors (Lipinski definition) is 3. The number of hydrogen-bond donors (Lipinski definition) is 2. The number of nitrogens with one attached hydrogen (secondary N) is 1. The van der Waals surface area contributed by atoms with Gasteiger partial charge in [-0.25, -0.2) is 0 Å². The zero-order valence-corrected chi connectivity index (χ0v) is 9.12. The fraction of sp³-hybridized carbons (Fsp3) is 0.818. The second kappa shape index (κ2) is 5.13. The highest BCUT2D eigenvalue weighted by Crippen LogP contribution is 2.37. The molecule has 1 fully saturated rings. The van der Waals surface area contributed by atoms with Gasteiger partial charge in [-0.3, -0.25) is 4.79 Å². The van der Waals surface area contributed by atoms with Crippen LogP contribution in [-0.2, 0) is 4.79 Å². The molecule has 0 aromatic rings. The van der Waals surface area contributed by atoms with Gasteiger partial charge >= 0.3 is 0 Å². The summed E-state index contributed by atoms with van der Waals surface area (Å²) in [5, 5.41) is 20.6. The molecule has 0 aromatic carbocycles. The van der Waals surface area contributed by atoms with Gasteiger partial charge in [0.2, 0.25) is 5.91 Å². The Bertz CT molecular complexity index is 264. The Morgan fingerprint density at radius 3 is 2.67 bits per heavy atom. The third kappa shape index (κ3) is 2.69. The summed E-state index contributed by atoms with van der Waals surface area (Å²) >= 11 is 0. The van der Waals surface area contributed by atoms with Crippen LogP contribution in [0.1, 0.15) is 32.6 Å². The summed E-state index contributed by atoms with van der Waals surface area (Å²) in [5.74, 6) is -0.117. The number of aliphatic hydroxyl groups is 1. The molecule has 0 saturated heterocycles. The van der Waals surface area contributed by atoms with Crippen molar-refractivity contribution in [3.8, 4) is 6.07 Å². The molecular weight excluding hydrogens is 192 g/mol. The smallest absolute Gasteiger partial charge is 0.240 e. The number of nitrogens with zero attached hydrogens (tertiary/aromatic N) is 1. The molecule has 1 unspecified atom stereocenters. The number of nitriles is 1. The summed E-state index contributed by atoms with van der Waals surface area (Å²) in [7, 11) is 0. The van der Waals surface area contributed by atoms with Crippen molar-refractivity contribution in [1.82, 2.24) is 5.32 Å². The van der Waals surface area contributed by atoms with Crippen molar-refractivity contribution in [3.63, 3.8) is 0 Å². The molecule has 1 atom stereocenters. The van der Waals surface area contributed by atoms with Crippen LogP contribution in [0.15, 0.2) is 0 Å². The second-order valence-electron chi connectivity index (χ2n) is 4.40. The minimum atomic E-state index is -0.796. The molecule has 15 heavy (non-hydrogen) atoms. The van der Waals surface area contributed by atoms with Crippen molar-refractivity contribution in [2.24, 2.45) is 11.3 Å². The lowest BCUT2D eigenvalue weighted by atomic mass is 9.87. The molecule has 4 heteroatoms. The van der Waals surface area contributed by atoms with Gasteiger partial charge in [-0.05, 0) is 18.8 Å². The molecule has 4 nitrogen and oxygen atoms in total. The molecule has 1 amide bonds. The second-order valence-corrected chi connectivity index (χ2v) is 4.40. The largest absolute Gasteiger partial charge is 0.396 e. The molecule has 0 heterocycles. The van der Waals surface area contributed by atoms with Crippen molar-refractivity contribution < 1.29 is 9.90 Å². The minimum Gasteiger partial charge on any atom is -0.396 e. The van der Waals surface area contributed by atoms with Gasteiger partial charge in [0.15, 0.2) is 0 Å². The average molecular weight is 210 g/mol. The Balaban J connectivity index is 2.48. The van der Waals surface area contributed by atoms with Crippen LogP contribution in [0.3, 0.4) is 0 Å². The van der Waals surface area contributed by atoms with Crippen molar-refractivity contribution in [2.75, 3.05) is 13.2 Å². The SMILES string of the molecule is CC(CO)CNC(=O)C1(C#N)CCCC1. The molecule has 0 aromatic heterocycles. The van der Waals surface area contributed by atoms with Gasteiger partial charge in [-0.2, -0.15) is 5.26 Å². The van der Waals surface area contributed by atoms with Crippen LogP contribution in [0.4, 0.5) is 0 Å². The van der Waals surface area contributed by atoms with Crippen LogP contribution in [0.2, 0.25) is 0 Å². The van der Waals surface area contributed by atoms with Crippen LogP contribution in [0.25, 0.3) is 0 Å². The van der Waals surface area contributed by atoms with Gasteiger partial charge in [0.25, 0.3) is 0 Å². The molecule has 1 saturated carbocycles. The van der Waals surface area contributed by atoms with Crippen molar-refractivity contribution in [1.29, 1.82) is 5.26 Å². The van der Waals surface area contributed by atoms with E-state index in [2.05, 4.69) is 11.4 Å². The minimum absolute atomic E-state index is 0.0473. The maximum atomic E-state index is 11.8. The summed E-state index contributed by atoms with van der Waals surface area (Å²) in [6, 6.07) is 2.14. The fourth-order valence-electron chi connectivity index (χ4n) is 1.87. The molecular formula is C11H18N2O2. The fourth-order valence-corrected chi connectivity index (χ4v) is 1.87. The first-order chi connectivity index (χ1) is 7.14. The lowest BCUT2D eigenvalue weighted by Gasteiger charge is -2.20. The van der Waals surface area contributed by atoms with Crippen molar-refractivity contribution in [3.05, 3.63) is 0 Å². The van der Waals surface area contributed by atoms with Gasteiger partial charge in [-0.1, -0.05) is 19.8 Å². The Labute approximate surface area is 90.3 Å². The van der Waals surface area contributed by atoms with Crippen molar-refractivity contribution >= 4 is 5.91 Å². The topological polar surface area (TPSA) is 73.1 Å². The molecule has 2 N–H and O–H groups in total. The van der Waals surface area contributed by atoms with Gasteiger partial charge in [0, 0.05) is 13.2 Å². The zero-order valence-electron chi connectivity index (χ0n) is 9.12.